The van der Waals surface area contributed by atoms with Crippen molar-refractivity contribution in [3.63, 3.8) is 0 Å². The van der Waals surface area contributed by atoms with Crippen LogP contribution in [0.3, 0.4) is 0 Å². The maximum Gasteiger partial charge on any atom is 0.341 e. The van der Waals surface area contributed by atoms with Gasteiger partial charge in [0.1, 0.15) is 16.6 Å². The molecule has 6 nitrogen and oxygen atoms in total. The van der Waals surface area contributed by atoms with Gasteiger partial charge in [-0.05, 0) is 33.3 Å². The van der Waals surface area contributed by atoms with E-state index < -0.39 is 17.6 Å². The molecule has 0 radical (unpaired) electrons. The first-order valence-electron chi connectivity index (χ1n) is 7.26. The number of anilines is 1. The van der Waals surface area contributed by atoms with Gasteiger partial charge in [-0.3, -0.25) is 10.1 Å². The predicted octanol–water partition coefficient (Wildman–Crippen LogP) is 1.86. The molecule has 22 heavy (non-hydrogen) atoms. The van der Waals surface area contributed by atoms with Crippen LogP contribution >= 0.6 is 11.3 Å². The standard InChI is InChI=1S/C15H22N2O4S/c1-5-20-14(19)11-8-7-17-9(6-10(8)22-12(11)16)13(18)21-15(2,3)4/h9,17H,5-7,16H2,1-4H3/t9-/m1/s1. The number of rotatable bonds is 3. The Morgan fingerprint density at radius 2 is 2.09 bits per heavy atom. The van der Waals surface area contributed by atoms with E-state index in [0.29, 0.717) is 30.1 Å². The molecule has 1 atom stereocenters. The minimum absolute atomic E-state index is 0.289. The molecular formula is C15H22N2O4S. The van der Waals surface area contributed by atoms with Crippen molar-refractivity contribution in [3.05, 3.63) is 16.0 Å². The molecule has 1 aromatic rings. The highest BCUT2D eigenvalue weighted by Crippen LogP contribution is 2.35. The second kappa shape index (κ2) is 6.26. The van der Waals surface area contributed by atoms with Gasteiger partial charge < -0.3 is 15.2 Å². The monoisotopic (exact) mass is 326 g/mol. The van der Waals surface area contributed by atoms with Crippen molar-refractivity contribution in [1.29, 1.82) is 0 Å². The molecule has 0 unspecified atom stereocenters. The Morgan fingerprint density at radius 1 is 1.41 bits per heavy atom. The average molecular weight is 326 g/mol. The summed E-state index contributed by atoms with van der Waals surface area (Å²) in [6.07, 6.45) is 0.471. The van der Waals surface area contributed by atoms with Crippen LogP contribution in [-0.2, 0) is 27.2 Å². The largest absolute Gasteiger partial charge is 0.462 e. The van der Waals surface area contributed by atoms with E-state index in [4.69, 9.17) is 15.2 Å². The summed E-state index contributed by atoms with van der Waals surface area (Å²) in [5.74, 6) is -0.696. The Morgan fingerprint density at radius 3 is 2.68 bits per heavy atom. The van der Waals surface area contributed by atoms with Crippen LogP contribution in [0.4, 0.5) is 5.00 Å². The van der Waals surface area contributed by atoms with Crippen molar-refractivity contribution >= 4 is 28.3 Å². The SMILES string of the molecule is CCOC(=O)c1c(N)sc2c1CN[C@@H](C(=O)OC(C)(C)C)C2. The van der Waals surface area contributed by atoms with Crippen molar-refractivity contribution in [2.75, 3.05) is 12.3 Å². The van der Waals surface area contributed by atoms with E-state index in [0.717, 1.165) is 10.4 Å². The van der Waals surface area contributed by atoms with Gasteiger partial charge in [-0.1, -0.05) is 0 Å². The van der Waals surface area contributed by atoms with E-state index in [1.54, 1.807) is 6.92 Å². The Labute approximate surface area is 134 Å². The molecule has 7 heteroatoms. The number of ether oxygens (including phenoxy) is 2. The zero-order valence-electron chi connectivity index (χ0n) is 13.3. The van der Waals surface area contributed by atoms with Crippen LogP contribution in [0.1, 0.15) is 48.5 Å². The average Bonchev–Trinajstić information content (AvgIpc) is 2.71. The van der Waals surface area contributed by atoms with Crippen LogP contribution in [0.15, 0.2) is 0 Å². The molecule has 0 saturated heterocycles. The van der Waals surface area contributed by atoms with Crippen LogP contribution in [0.25, 0.3) is 0 Å². The highest BCUT2D eigenvalue weighted by molar-refractivity contribution is 7.16. The Kier molecular flexibility index (Phi) is 4.77. The van der Waals surface area contributed by atoms with Gasteiger partial charge in [-0.15, -0.1) is 11.3 Å². The number of carbonyl (C=O) groups excluding carboxylic acids is 2. The Balaban J connectivity index is 2.17. The number of hydrogen-bond donors (Lipinski definition) is 2. The van der Waals surface area contributed by atoms with Crippen molar-refractivity contribution in [3.8, 4) is 0 Å². The van der Waals surface area contributed by atoms with E-state index in [2.05, 4.69) is 5.32 Å². The topological polar surface area (TPSA) is 90.6 Å². The lowest BCUT2D eigenvalue weighted by Crippen LogP contribution is -2.44. The van der Waals surface area contributed by atoms with Crippen molar-refractivity contribution in [2.45, 2.75) is 52.3 Å². The maximum absolute atomic E-state index is 12.1. The van der Waals surface area contributed by atoms with Gasteiger partial charge in [-0.2, -0.15) is 0 Å². The molecule has 1 aliphatic rings. The van der Waals surface area contributed by atoms with Crippen LogP contribution in [0.5, 0.6) is 0 Å². The summed E-state index contributed by atoms with van der Waals surface area (Å²) >= 11 is 1.34. The number of hydrogen-bond acceptors (Lipinski definition) is 7. The highest BCUT2D eigenvalue weighted by atomic mass is 32.1. The number of nitrogens with one attached hydrogen (secondary N) is 1. The zero-order chi connectivity index (χ0) is 16.5. The number of thiophene rings is 1. The predicted molar refractivity (Wildman–Crippen MR) is 84.9 cm³/mol. The molecule has 3 N–H and O–H groups in total. The molecule has 0 bridgehead atoms. The highest BCUT2D eigenvalue weighted by Gasteiger charge is 2.33. The summed E-state index contributed by atoms with van der Waals surface area (Å²) in [5, 5.41) is 3.56. The van der Waals surface area contributed by atoms with Crippen LogP contribution in [-0.4, -0.2) is 30.2 Å². The molecule has 1 aromatic heterocycles. The fourth-order valence-electron chi connectivity index (χ4n) is 2.33. The van der Waals surface area contributed by atoms with E-state index >= 15 is 0 Å². The molecule has 122 valence electrons. The van der Waals surface area contributed by atoms with Crippen molar-refractivity contribution in [1.82, 2.24) is 5.32 Å². The maximum atomic E-state index is 12.1. The van der Waals surface area contributed by atoms with Crippen LogP contribution < -0.4 is 11.1 Å². The quantitative estimate of drug-likeness (QED) is 0.824. The molecule has 0 amide bonds. The molecule has 2 heterocycles. The lowest BCUT2D eigenvalue weighted by Gasteiger charge is -2.27. The summed E-state index contributed by atoms with van der Waals surface area (Å²) in [4.78, 5) is 25.1. The first-order valence-corrected chi connectivity index (χ1v) is 8.08. The summed E-state index contributed by atoms with van der Waals surface area (Å²) in [6, 6.07) is -0.417. The molecule has 0 spiro atoms. The minimum atomic E-state index is -0.524. The number of carbonyl (C=O) groups is 2. The van der Waals surface area contributed by atoms with Gasteiger partial charge in [0.15, 0.2) is 0 Å². The number of esters is 2. The first-order chi connectivity index (χ1) is 10.2. The van der Waals surface area contributed by atoms with E-state index in [1.165, 1.54) is 11.3 Å². The first kappa shape index (κ1) is 16.8. The van der Waals surface area contributed by atoms with E-state index in [-0.39, 0.29) is 5.97 Å². The van der Waals surface area contributed by atoms with E-state index in [9.17, 15) is 9.59 Å². The lowest BCUT2D eigenvalue weighted by atomic mass is 10.0. The molecule has 0 aliphatic carbocycles. The smallest absolute Gasteiger partial charge is 0.341 e. The van der Waals surface area contributed by atoms with Gasteiger partial charge in [0.25, 0.3) is 0 Å². The Bertz CT molecular complexity index is 589. The van der Waals surface area contributed by atoms with Crippen molar-refractivity contribution in [2.24, 2.45) is 0 Å². The van der Waals surface area contributed by atoms with Gasteiger partial charge in [-0.25, -0.2) is 4.79 Å². The summed E-state index contributed by atoms with van der Waals surface area (Å²) in [5.41, 5.74) is 6.69. The zero-order valence-corrected chi connectivity index (χ0v) is 14.1. The number of fused-ring (bicyclic) bond motifs is 1. The fourth-order valence-corrected chi connectivity index (χ4v) is 3.46. The summed E-state index contributed by atoms with van der Waals surface area (Å²) in [6.45, 7) is 7.96. The summed E-state index contributed by atoms with van der Waals surface area (Å²) in [7, 11) is 0. The summed E-state index contributed by atoms with van der Waals surface area (Å²) < 4.78 is 10.4. The lowest BCUT2D eigenvalue weighted by molar-refractivity contribution is -0.157. The van der Waals surface area contributed by atoms with Crippen molar-refractivity contribution < 1.29 is 19.1 Å². The number of nitrogens with two attached hydrogens (primary N) is 1. The third-order valence-corrected chi connectivity index (χ3v) is 4.29. The molecular weight excluding hydrogens is 304 g/mol. The van der Waals surface area contributed by atoms with Crippen LogP contribution in [0, 0.1) is 0 Å². The minimum Gasteiger partial charge on any atom is -0.462 e. The second-order valence-corrected chi connectivity index (χ2v) is 7.27. The molecule has 0 aromatic carbocycles. The second-order valence-electron chi connectivity index (χ2n) is 6.13. The fraction of sp³-hybridized carbons (Fsp3) is 0.600. The molecule has 2 rings (SSSR count). The van der Waals surface area contributed by atoms with Crippen LogP contribution in [0.2, 0.25) is 0 Å². The third kappa shape index (κ3) is 3.59. The van der Waals surface area contributed by atoms with E-state index in [1.807, 2.05) is 20.8 Å². The number of nitrogen functional groups attached to an aromatic ring is 1. The molecule has 0 saturated carbocycles. The van der Waals surface area contributed by atoms with Gasteiger partial charge in [0, 0.05) is 17.8 Å². The Hall–Kier alpha value is -1.60. The molecule has 1 aliphatic heterocycles. The molecule has 0 fully saturated rings. The third-order valence-electron chi connectivity index (χ3n) is 3.20. The van der Waals surface area contributed by atoms with Gasteiger partial charge in [0.2, 0.25) is 0 Å². The normalized spacial score (nSPS) is 17.7. The van der Waals surface area contributed by atoms with Gasteiger partial charge in [0.05, 0.1) is 12.2 Å². The van der Waals surface area contributed by atoms with Gasteiger partial charge >= 0.3 is 11.9 Å².